The number of hydrogen-bond acceptors (Lipinski definition) is 4. The summed E-state index contributed by atoms with van der Waals surface area (Å²) in [5.41, 5.74) is 0. The Labute approximate surface area is 188 Å². The predicted molar refractivity (Wildman–Crippen MR) is 124 cm³/mol. The minimum atomic E-state index is -3.84. The Morgan fingerprint density at radius 2 is 1.68 bits per heavy atom. The van der Waals surface area contributed by atoms with E-state index in [9.17, 15) is 18.4 Å². The zero-order valence-electron chi connectivity index (χ0n) is 19.6. The van der Waals surface area contributed by atoms with Crippen LogP contribution < -0.4 is 10.6 Å². The Balaban J connectivity index is 1.82. The first-order valence-corrected chi connectivity index (χ1v) is 14.0. The Hall–Kier alpha value is -0.940. The summed E-state index contributed by atoms with van der Waals surface area (Å²) in [5, 5.41) is 6.03. The molecule has 1 fully saturated rings. The molecule has 0 spiro atoms. The largest absolute Gasteiger partial charge is 0.367 e. The minimum absolute atomic E-state index is 0.0402. The van der Waals surface area contributed by atoms with Gasteiger partial charge in [-0.2, -0.15) is 4.20 Å². The van der Waals surface area contributed by atoms with Crippen LogP contribution in [0, 0.1) is 5.92 Å². The molecular weight excluding hydrogens is 418 g/mol. The highest BCUT2D eigenvalue weighted by Gasteiger charge is 2.27. The van der Waals surface area contributed by atoms with Crippen molar-refractivity contribution < 1.29 is 22.9 Å². The Morgan fingerprint density at radius 3 is 2.29 bits per heavy atom. The molecule has 0 aromatic carbocycles. The number of nitrogens with one attached hydrogen (secondary N) is 2. The smallest absolute Gasteiger partial charge is 0.356 e. The number of carbonyl (C=O) groups is 2. The molecule has 1 aliphatic rings. The van der Waals surface area contributed by atoms with Gasteiger partial charge in [0.15, 0.2) is 0 Å². The average molecular weight is 463 g/mol. The number of halogens is 1. The fourth-order valence-corrected chi connectivity index (χ4v) is 5.20. The fourth-order valence-electron chi connectivity index (χ4n) is 4.09. The maximum absolute atomic E-state index is 13.4. The van der Waals surface area contributed by atoms with Crippen molar-refractivity contribution in [3.05, 3.63) is 0 Å². The quantitative estimate of drug-likeness (QED) is 0.185. The lowest BCUT2D eigenvalue weighted by atomic mass is 9.97. The summed E-state index contributed by atoms with van der Waals surface area (Å²) in [4.78, 5) is 23.2. The van der Waals surface area contributed by atoms with Gasteiger partial charge < -0.3 is 15.2 Å². The third-order valence-corrected chi connectivity index (χ3v) is 7.45. The summed E-state index contributed by atoms with van der Waals surface area (Å²) in [5.74, 6) is 0.735. The molecule has 0 radical (unpaired) electrons. The molecule has 0 saturated carbocycles. The molecule has 31 heavy (non-hydrogen) atoms. The number of hydrogen-bond donors (Lipinski definition) is 2. The summed E-state index contributed by atoms with van der Waals surface area (Å²) in [6.07, 6.45) is 13.3. The number of carbonyl (C=O) groups excluding carboxylic acids is 2. The van der Waals surface area contributed by atoms with E-state index in [1.54, 1.807) is 6.92 Å². The highest BCUT2D eigenvalue weighted by molar-refractivity contribution is 7.53. The Morgan fingerprint density at radius 1 is 1.06 bits per heavy atom. The van der Waals surface area contributed by atoms with Gasteiger partial charge in [0.25, 0.3) is 0 Å². The summed E-state index contributed by atoms with van der Waals surface area (Å²) in [7, 11) is -3.84. The summed E-state index contributed by atoms with van der Waals surface area (Å²) < 4.78 is 29.3. The molecule has 1 aliphatic heterocycles. The van der Waals surface area contributed by atoms with Crippen molar-refractivity contribution in [3.63, 3.8) is 0 Å². The molecule has 0 aromatic rings. The van der Waals surface area contributed by atoms with Gasteiger partial charge in [0.05, 0.1) is 12.8 Å². The minimum Gasteiger partial charge on any atom is -0.356 e. The molecule has 0 bridgehead atoms. The van der Waals surface area contributed by atoms with Crippen molar-refractivity contribution in [3.8, 4) is 0 Å². The third-order valence-electron chi connectivity index (χ3n) is 5.96. The van der Waals surface area contributed by atoms with Crippen molar-refractivity contribution in [2.24, 2.45) is 5.92 Å². The third kappa shape index (κ3) is 14.7. The molecular formula is C23H44FN2O4P. The first kappa shape index (κ1) is 28.1. The molecule has 8 heteroatoms. The van der Waals surface area contributed by atoms with Crippen LogP contribution >= 0.6 is 7.68 Å². The van der Waals surface area contributed by atoms with Crippen LogP contribution in [0.4, 0.5) is 4.20 Å². The molecule has 182 valence electrons. The molecule has 1 unspecified atom stereocenters. The standard InChI is InChI=1S/C23H44FN2O4P/c1-3-30-31(24,29)18-14-9-7-5-4-6-8-13-17-25-22(27)16-12-10-11-15-21-20(2)19-23(28)26-21/h20-21H,3-19H2,1-2H3,(H,25,27)(H,26,28)/t20-,21-,31?/m1/s1. The molecule has 1 rings (SSSR count). The number of rotatable bonds is 19. The Bertz CT molecular complexity index is 562. The SMILES string of the molecule is CCOP(=O)(F)CCCCCCCCCCNC(=O)CCCCC[C@H]1NC(=O)C[C@H]1C. The summed E-state index contributed by atoms with van der Waals surface area (Å²) in [6.45, 7) is 4.68. The van der Waals surface area contributed by atoms with E-state index in [4.69, 9.17) is 0 Å². The molecule has 1 saturated heterocycles. The van der Waals surface area contributed by atoms with Crippen LogP contribution in [0.25, 0.3) is 0 Å². The van der Waals surface area contributed by atoms with E-state index in [0.29, 0.717) is 31.2 Å². The first-order valence-electron chi connectivity index (χ1n) is 12.3. The van der Waals surface area contributed by atoms with Gasteiger partial charge in [0, 0.05) is 25.4 Å². The highest BCUT2D eigenvalue weighted by Crippen LogP contribution is 2.49. The second kappa shape index (κ2) is 16.7. The maximum Gasteiger partial charge on any atom is 0.367 e. The monoisotopic (exact) mass is 462 g/mol. The second-order valence-electron chi connectivity index (χ2n) is 8.86. The number of amides is 2. The van der Waals surface area contributed by atoms with E-state index in [1.165, 1.54) is 0 Å². The van der Waals surface area contributed by atoms with Crippen LogP contribution in [-0.2, 0) is 18.7 Å². The van der Waals surface area contributed by atoms with Crippen LogP contribution in [0.1, 0.15) is 104 Å². The van der Waals surface area contributed by atoms with E-state index in [-0.39, 0.29) is 24.6 Å². The topological polar surface area (TPSA) is 84.5 Å². The molecule has 0 aliphatic carbocycles. The van der Waals surface area contributed by atoms with Gasteiger partial charge >= 0.3 is 7.68 Å². The van der Waals surface area contributed by atoms with E-state index in [1.807, 2.05) is 0 Å². The van der Waals surface area contributed by atoms with Crippen LogP contribution in [-0.4, -0.2) is 37.2 Å². The van der Waals surface area contributed by atoms with Crippen LogP contribution in [0.15, 0.2) is 0 Å². The van der Waals surface area contributed by atoms with Crippen molar-refractivity contribution in [1.29, 1.82) is 0 Å². The maximum atomic E-state index is 13.4. The van der Waals surface area contributed by atoms with E-state index < -0.39 is 7.68 Å². The molecule has 2 N–H and O–H groups in total. The van der Waals surface area contributed by atoms with Gasteiger partial charge in [-0.25, -0.2) is 0 Å². The van der Waals surface area contributed by atoms with Gasteiger partial charge in [-0.3, -0.25) is 14.2 Å². The Kier molecular flexibility index (Phi) is 15.1. The van der Waals surface area contributed by atoms with E-state index in [0.717, 1.165) is 77.2 Å². The second-order valence-corrected chi connectivity index (χ2v) is 10.8. The van der Waals surface area contributed by atoms with Crippen LogP contribution in [0.3, 0.4) is 0 Å². The number of unbranched alkanes of at least 4 members (excludes halogenated alkanes) is 9. The van der Waals surface area contributed by atoms with Crippen molar-refractivity contribution in [1.82, 2.24) is 10.6 Å². The van der Waals surface area contributed by atoms with Crippen LogP contribution in [0.5, 0.6) is 0 Å². The molecule has 3 atom stereocenters. The molecule has 0 aromatic heterocycles. The summed E-state index contributed by atoms with van der Waals surface area (Å²) in [6, 6.07) is 0.315. The molecule has 1 heterocycles. The van der Waals surface area contributed by atoms with E-state index in [2.05, 4.69) is 22.1 Å². The van der Waals surface area contributed by atoms with E-state index >= 15 is 0 Å². The van der Waals surface area contributed by atoms with Crippen molar-refractivity contribution in [2.45, 2.75) is 110 Å². The molecule has 6 nitrogen and oxygen atoms in total. The fraction of sp³-hybridized carbons (Fsp3) is 0.913. The van der Waals surface area contributed by atoms with Crippen molar-refractivity contribution in [2.75, 3.05) is 19.3 Å². The van der Waals surface area contributed by atoms with Gasteiger partial charge in [0.2, 0.25) is 11.8 Å². The normalized spacial score (nSPS) is 20.4. The lowest BCUT2D eigenvalue weighted by Gasteiger charge is -2.14. The van der Waals surface area contributed by atoms with Gasteiger partial charge in [-0.05, 0) is 38.5 Å². The molecule has 2 amide bonds. The van der Waals surface area contributed by atoms with Gasteiger partial charge in [0.1, 0.15) is 0 Å². The predicted octanol–water partition coefficient (Wildman–Crippen LogP) is 5.90. The zero-order chi connectivity index (χ0) is 23.0. The lowest BCUT2D eigenvalue weighted by Crippen LogP contribution is -2.28. The lowest BCUT2D eigenvalue weighted by molar-refractivity contribution is -0.121. The van der Waals surface area contributed by atoms with Crippen molar-refractivity contribution >= 4 is 19.5 Å². The van der Waals surface area contributed by atoms with Gasteiger partial charge in [-0.15, -0.1) is 0 Å². The first-order chi connectivity index (χ1) is 14.8. The highest BCUT2D eigenvalue weighted by atomic mass is 31.2. The average Bonchev–Trinajstić information content (AvgIpc) is 3.02. The zero-order valence-corrected chi connectivity index (χ0v) is 20.5. The van der Waals surface area contributed by atoms with Gasteiger partial charge in [-0.1, -0.05) is 58.3 Å². The van der Waals surface area contributed by atoms with Crippen LogP contribution in [0.2, 0.25) is 0 Å². The summed E-state index contributed by atoms with van der Waals surface area (Å²) >= 11 is 0.